The fourth-order valence-corrected chi connectivity index (χ4v) is 2.87. The van der Waals surface area contributed by atoms with Crippen molar-refractivity contribution in [2.24, 2.45) is 5.92 Å². The highest BCUT2D eigenvalue weighted by atomic mass is 79.9. The topological polar surface area (TPSA) is 40.5 Å². The molecule has 1 aliphatic rings. The van der Waals surface area contributed by atoms with Crippen molar-refractivity contribution in [3.05, 3.63) is 34.3 Å². The number of aliphatic carboxylic acids is 1. The van der Waals surface area contributed by atoms with Crippen LogP contribution in [-0.4, -0.2) is 29.1 Å². The minimum Gasteiger partial charge on any atom is -0.481 e. The molecule has 3 nitrogen and oxygen atoms in total. The molecule has 0 bridgehead atoms. The molecule has 1 fully saturated rings. The molecule has 1 aliphatic heterocycles. The molecule has 18 heavy (non-hydrogen) atoms. The maximum atomic E-state index is 10.7. The molecule has 0 unspecified atom stereocenters. The molecule has 98 valence electrons. The minimum atomic E-state index is -0.667. The number of hydrogen-bond donors (Lipinski definition) is 1. The molecule has 0 amide bonds. The van der Waals surface area contributed by atoms with Crippen molar-refractivity contribution in [3.63, 3.8) is 0 Å². The predicted octanol–water partition coefficient (Wildman–Crippen LogP) is 3.14. The summed E-state index contributed by atoms with van der Waals surface area (Å²) in [6.45, 7) is 2.94. The Hall–Kier alpha value is -0.870. The van der Waals surface area contributed by atoms with Crippen molar-refractivity contribution in [2.45, 2.75) is 25.8 Å². The van der Waals surface area contributed by atoms with Gasteiger partial charge in [-0.15, -0.1) is 0 Å². The Labute approximate surface area is 116 Å². The van der Waals surface area contributed by atoms with Crippen molar-refractivity contribution >= 4 is 21.9 Å². The smallest absolute Gasteiger partial charge is 0.303 e. The number of hydrogen-bond acceptors (Lipinski definition) is 2. The van der Waals surface area contributed by atoms with Gasteiger partial charge in [0.05, 0.1) is 0 Å². The zero-order chi connectivity index (χ0) is 13.0. The fraction of sp³-hybridized carbons (Fsp3) is 0.500. The van der Waals surface area contributed by atoms with Gasteiger partial charge in [-0.3, -0.25) is 9.69 Å². The number of halogens is 1. The Bertz CT molecular complexity index is 414. The van der Waals surface area contributed by atoms with Crippen LogP contribution < -0.4 is 0 Å². The lowest BCUT2D eigenvalue weighted by molar-refractivity contribution is -0.138. The summed E-state index contributed by atoms with van der Waals surface area (Å²) in [5, 5.41) is 8.78. The molecule has 2 rings (SSSR count). The van der Waals surface area contributed by atoms with Gasteiger partial charge in [0.25, 0.3) is 0 Å². The van der Waals surface area contributed by atoms with Gasteiger partial charge in [-0.2, -0.15) is 0 Å². The normalized spacial score (nSPS) is 17.8. The van der Waals surface area contributed by atoms with E-state index in [4.69, 9.17) is 5.11 Å². The van der Waals surface area contributed by atoms with Crippen LogP contribution in [0.25, 0.3) is 0 Å². The van der Waals surface area contributed by atoms with E-state index < -0.39 is 5.97 Å². The fourth-order valence-electron chi connectivity index (χ4n) is 2.46. The average Bonchev–Trinajstić information content (AvgIpc) is 2.34. The van der Waals surface area contributed by atoms with E-state index in [1.54, 1.807) is 0 Å². The third-order valence-electron chi connectivity index (χ3n) is 3.52. The Kier molecular flexibility index (Phi) is 4.78. The number of carboxylic acid groups (broad SMARTS) is 1. The number of piperidine rings is 1. The molecule has 0 aromatic heterocycles. The highest BCUT2D eigenvalue weighted by Crippen LogP contribution is 2.24. The Morgan fingerprint density at radius 2 is 2.00 bits per heavy atom. The zero-order valence-electron chi connectivity index (χ0n) is 10.3. The quantitative estimate of drug-likeness (QED) is 0.928. The van der Waals surface area contributed by atoms with Gasteiger partial charge >= 0.3 is 5.97 Å². The lowest BCUT2D eigenvalue weighted by Gasteiger charge is -2.31. The summed E-state index contributed by atoms with van der Waals surface area (Å²) in [4.78, 5) is 13.1. The van der Waals surface area contributed by atoms with E-state index >= 15 is 0 Å². The molecule has 0 atom stereocenters. The van der Waals surface area contributed by atoms with Gasteiger partial charge in [-0.25, -0.2) is 0 Å². The molecule has 1 aromatic rings. The van der Waals surface area contributed by atoms with Gasteiger partial charge in [-0.05, 0) is 43.5 Å². The molecular weight excluding hydrogens is 294 g/mol. The van der Waals surface area contributed by atoms with Crippen LogP contribution in [0.15, 0.2) is 28.7 Å². The summed E-state index contributed by atoms with van der Waals surface area (Å²) in [5.74, 6) is -0.308. The van der Waals surface area contributed by atoms with E-state index in [2.05, 4.69) is 39.0 Å². The van der Waals surface area contributed by atoms with Gasteiger partial charge in [0.2, 0.25) is 0 Å². The zero-order valence-corrected chi connectivity index (χ0v) is 11.9. The first-order valence-corrected chi connectivity index (χ1v) is 7.12. The summed E-state index contributed by atoms with van der Waals surface area (Å²) in [7, 11) is 0. The first kappa shape index (κ1) is 13.6. The Balaban J connectivity index is 1.84. The predicted molar refractivity (Wildman–Crippen MR) is 74.4 cm³/mol. The second kappa shape index (κ2) is 6.34. The van der Waals surface area contributed by atoms with Crippen molar-refractivity contribution < 1.29 is 9.90 Å². The van der Waals surface area contributed by atoms with Crippen molar-refractivity contribution in [3.8, 4) is 0 Å². The Morgan fingerprint density at radius 1 is 1.33 bits per heavy atom. The van der Waals surface area contributed by atoms with Crippen LogP contribution in [0.3, 0.4) is 0 Å². The highest BCUT2D eigenvalue weighted by molar-refractivity contribution is 9.10. The van der Waals surface area contributed by atoms with E-state index in [0.717, 1.165) is 36.9 Å². The molecule has 0 spiro atoms. The molecule has 0 saturated carbocycles. The van der Waals surface area contributed by atoms with Gasteiger partial charge in [0.15, 0.2) is 0 Å². The van der Waals surface area contributed by atoms with Crippen LogP contribution in [0, 0.1) is 5.92 Å². The van der Waals surface area contributed by atoms with E-state index in [9.17, 15) is 4.79 Å². The summed E-state index contributed by atoms with van der Waals surface area (Å²) in [5.41, 5.74) is 1.30. The first-order chi connectivity index (χ1) is 8.65. The summed E-state index contributed by atoms with van der Waals surface area (Å²) in [6.07, 6.45) is 2.32. The summed E-state index contributed by atoms with van der Waals surface area (Å²) >= 11 is 3.56. The summed E-state index contributed by atoms with van der Waals surface area (Å²) < 4.78 is 1.15. The largest absolute Gasteiger partial charge is 0.481 e. The van der Waals surface area contributed by atoms with Crippen LogP contribution in [0.2, 0.25) is 0 Å². The van der Waals surface area contributed by atoms with E-state index in [1.165, 1.54) is 5.56 Å². The van der Waals surface area contributed by atoms with Gasteiger partial charge in [-0.1, -0.05) is 34.1 Å². The third kappa shape index (κ3) is 3.82. The van der Waals surface area contributed by atoms with Crippen molar-refractivity contribution in [1.82, 2.24) is 4.90 Å². The third-order valence-corrected chi connectivity index (χ3v) is 4.30. The number of benzene rings is 1. The number of nitrogens with zero attached hydrogens (tertiary/aromatic N) is 1. The Morgan fingerprint density at radius 3 is 2.61 bits per heavy atom. The molecule has 1 saturated heterocycles. The lowest BCUT2D eigenvalue weighted by Crippen LogP contribution is -2.34. The maximum Gasteiger partial charge on any atom is 0.303 e. The molecule has 1 aromatic carbocycles. The standard InChI is InChI=1S/C14H18BrNO2/c15-13-4-2-1-3-12(13)10-16-7-5-11(6-8-16)9-14(17)18/h1-4,11H,5-10H2,(H,17,18). The van der Waals surface area contributed by atoms with E-state index in [0.29, 0.717) is 12.3 Å². The van der Waals surface area contributed by atoms with E-state index in [1.807, 2.05) is 6.07 Å². The van der Waals surface area contributed by atoms with Crippen molar-refractivity contribution in [2.75, 3.05) is 13.1 Å². The molecule has 0 aliphatic carbocycles. The molecule has 0 radical (unpaired) electrons. The first-order valence-electron chi connectivity index (χ1n) is 6.32. The number of rotatable bonds is 4. The second-order valence-electron chi connectivity index (χ2n) is 4.91. The molecule has 1 heterocycles. The van der Waals surface area contributed by atoms with Gasteiger partial charge < -0.3 is 5.11 Å². The van der Waals surface area contributed by atoms with Crippen LogP contribution >= 0.6 is 15.9 Å². The molecule has 4 heteroatoms. The number of carboxylic acids is 1. The maximum absolute atomic E-state index is 10.7. The average molecular weight is 312 g/mol. The van der Waals surface area contributed by atoms with Crippen LogP contribution in [-0.2, 0) is 11.3 Å². The van der Waals surface area contributed by atoms with Crippen LogP contribution in [0.1, 0.15) is 24.8 Å². The monoisotopic (exact) mass is 311 g/mol. The highest BCUT2D eigenvalue weighted by Gasteiger charge is 2.21. The SMILES string of the molecule is O=C(O)CC1CCN(Cc2ccccc2Br)CC1. The number of carbonyl (C=O) groups is 1. The van der Waals surface area contributed by atoms with E-state index in [-0.39, 0.29) is 0 Å². The molecular formula is C14H18BrNO2. The van der Waals surface area contributed by atoms with Crippen LogP contribution in [0.4, 0.5) is 0 Å². The molecule has 1 N–H and O–H groups in total. The van der Waals surface area contributed by atoms with Gasteiger partial charge in [0.1, 0.15) is 0 Å². The minimum absolute atomic E-state index is 0.322. The van der Waals surface area contributed by atoms with Crippen molar-refractivity contribution in [1.29, 1.82) is 0 Å². The van der Waals surface area contributed by atoms with Gasteiger partial charge in [0, 0.05) is 17.4 Å². The second-order valence-corrected chi connectivity index (χ2v) is 5.76. The van der Waals surface area contributed by atoms with Crippen LogP contribution in [0.5, 0.6) is 0 Å². The lowest BCUT2D eigenvalue weighted by atomic mass is 9.93. The summed E-state index contributed by atoms with van der Waals surface area (Å²) in [6, 6.07) is 8.27. The number of likely N-dealkylation sites (tertiary alicyclic amines) is 1.